The van der Waals surface area contributed by atoms with Crippen molar-refractivity contribution in [1.82, 2.24) is 0 Å². The molecule has 0 fully saturated rings. The van der Waals surface area contributed by atoms with Gasteiger partial charge < -0.3 is 0 Å². The summed E-state index contributed by atoms with van der Waals surface area (Å²) in [7, 11) is 0. The molecule has 0 saturated heterocycles. The normalized spacial score (nSPS) is 22.3. The van der Waals surface area contributed by atoms with E-state index in [0.717, 1.165) is 29.6 Å². The molecular weight excluding hydrogens is 192 g/mol. The number of hydrogen-bond donors (Lipinski definition) is 0. The molecule has 0 saturated carbocycles. The third kappa shape index (κ3) is 4.11. The third-order valence-corrected chi connectivity index (χ3v) is 5.35. The summed E-state index contributed by atoms with van der Waals surface area (Å²) in [6.45, 7) is 21.6. The molecule has 0 spiro atoms. The lowest BCUT2D eigenvalue weighted by Gasteiger charge is -2.39. The minimum Gasteiger partial charge on any atom is -0.0651 e. The number of hydrogen-bond acceptors (Lipinski definition) is 0. The van der Waals surface area contributed by atoms with Gasteiger partial charge in [-0.3, -0.25) is 0 Å². The Morgan fingerprint density at radius 3 is 1.50 bits per heavy atom. The standard InChI is InChI=1S/C16H34/c1-10-11(2)12(3)13(4)14(5)15(6)16(7,8)9/h11-15H,10H2,1-9H3. The highest BCUT2D eigenvalue weighted by Crippen LogP contribution is 2.39. The van der Waals surface area contributed by atoms with E-state index in [0.29, 0.717) is 5.41 Å². The maximum Gasteiger partial charge on any atom is -0.0354 e. The Hall–Kier alpha value is 0. The second kappa shape index (κ2) is 6.07. The first-order chi connectivity index (χ1) is 7.12. The smallest absolute Gasteiger partial charge is 0.0354 e. The molecule has 0 N–H and O–H groups in total. The maximum absolute atomic E-state index is 2.45. The van der Waals surface area contributed by atoms with Crippen LogP contribution in [-0.4, -0.2) is 0 Å². The van der Waals surface area contributed by atoms with Crippen LogP contribution in [0.2, 0.25) is 0 Å². The second-order valence-corrected chi connectivity index (χ2v) is 7.12. The van der Waals surface area contributed by atoms with E-state index < -0.39 is 0 Å². The van der Waals surface area contributed by atoms with Gasteiger partial charge in [-0.15, -0.1) is 0 Å². The average Bonchev–Trinajstić information content (AvgIpc) is 2.22. The molecule has 0 rings (SSSR count). The highest BCUT2D eigenvalue weighted by Gasteiger charge is 2.32. The van der Waals surface area contributed by atoms with Crippen LogP contribution in [0.5, 0.6) is 0 Å². The Morgan fingerprint density at radius 1 is 0.750 bits per heavy atom. The molecule has 0 heteroatoms. The van der Waals surface area contributed by atoms with Crippen LogP contribution < -0.4 is 0 Å². The van der Waals surface area contributed by atoms with E-state index in [2.05, 4.69) is 62.3 Å². The molecule has 0 aromatic rings. The zero-order valence-electron chi connectivity index (χ0n) is 13.1. The van der Waals surface area contributed by atoms with E-state index >= 15 is 0 Å². The fourth-order valence-electron chi connectivity index (χ4n) is 2.61. The number of rotatable bonds is 5. The summed E-state index contributed by atoms with van der Waals surface area (Å²) >= 11 is 0. The van der Waals surface area contributed by atoms with Crippen molar-refractivity contribution in [3.05, 3.63) is 0 Å². The Kier molecular flexibility index (Phi) is 6.07. The summed E-state index contributed by atoms with van der Waals surface area (Å²) in [6.07, 6.45) is 1.31. The predicted octanol–water partition coefficient (Wildman–Crippen LogP) is 5.62. The fourth-order valence-corrected chi connectivity index (χ4v) is 2.61. The lowest BCUT2D eigenvalue weighted by atomic mass is 9.66. The molecule has 16 heavy (non-hydrogen) atoms. The van der Waals surface area contributed by atoms with Gasteiger partial charge >= 0.3 is 0 Å². The van der Waals surface area contributed by atoms with Crippen LogP contribution in [0.15, 0.2) is 0 Å². The Labute approximate surface area is 104 Å². The van der Waals surface area contributed by atoms with Gasteiger partial charge in [-0.05, 0) is 35.0 Å². The van der Waals surface area contributed by atoms with Crippen LogP contribution in [0, 0.1) is 35.0 Å². The SMILES string of the molecule is CCC(C)C(C)C(C)C(C)C(C)C(C)(C)C. The third-order valence-electron chi connectivity index (χ3n) is 5.35. The molecule has 0 bridgehead atoms. The fraction of sp³-hybridized carbons (Fsp3) is 1.00. The van der Waals surface area contributed by atoms with Crippen LogP contribution in [0.1, 0.15) is 68.7 Å². The van der Waals surface area contributed by atoms with Gasteiger partial charge in [0.25, 0.3) is 0 Å². The van der Waals surface area contributed by atoms with Crippen molar-refractivity contribution in [2.75, 3.05) is 0 Å². The lowest BCUT2D eigenvalue weighted by Crippen LogP contribution is -2.32. The molecule has 0 aromatic carbocycles. The Morgan fingerprint density at radius 2 is 1.19 bits per heavy atom. The van der Waals surface area contributed by atoms with E-state index in [1.54, 1.807) is 0 Å². The first-order valence-corrected chi connectivity index (χ1v) is 7.12. The highest BCUT2D eigenvalue weighted by molar-refractivity contribution is 4.81. The molecule has 0 radical (unpaired) electrons. The van der Waals surface area contributed by atoms with Crippen molar-refractivity contribution >= 4 is 0 Å². The average molecular weight is 226 g/mol. The summed E-state index contributed by atoms with van der Waals surface area (Å²) in [5.74, 6) is 4.11. The van der Waals surface area contributed by atoms with Crippen molar-refractivity contribution < 1.29 is 0 Å². The van der Waals surface area contributed by atoms with Crippen molar-refractivity contribution in [2.45, 2.75) is 68.7 Å². The van der Waals surface area contributed by atoms with Gasteiger partial charge in [0.15, 0.2) is 0 Å². The molecular formula is C16H34. The first kappa shape index (κ1) is 16.0. The van der Waals surface area contributed by atoms with Crippen LogP contribution in [0.3, 0.4) is 0 Å². The minimum atomic E-state index is 0.433. The molecule has 0 nitrogen and oxygen atoms in total. The topological polar surface area (TPSA) is 0 Å². The monoisotopic (exact) mass is 226 g/mol. The molecule has 0 aliphatic heterocycles. The molecule has 5 atom stereocenters. The van der Waals surface area contributed by atoms with Crippen LogP contribution in [0.4, 0.5) is 0 Å². The van der Waals surface area contributed by atoms with Crippen molar-refractivity contribution in [3.63, 3.8) is 0 Å². The van der Waals surface area contributed by atoms with Gasteiger partial charge in [-0.2, -0.15) is 0 Å². The molecule has 0 aromatic heterocycles. The lowest BCUT2D eigenvalue weighted by molar-refractivity contribution is 0.100. The molecule has 5 unspecified atom stereocenters. The maximum atomic E-state index is 2.45. The minimum absolute atomic E-state index is 0.433. The van der Waals surface area contributed by atoms with E-state index in [9.17, 15) is 0 Å². The van der Waals surface area contributed by atoms with Crippen molar-refractivity contribution in [3.8, 4) is 0 Å². The molecule has 98 valence electrons. The first-order valence-electron chi connectivity index (χ1n) is 7.12. The summed E-state index contributed by atoms with van der Waals surface area (Å²) in [4.78, 5) is 0. The Bertz CT molecular complexity index is 187. The van der Waals surface area contributed by atoms with E-state index in [1.807, 2.05) is 0 Å². The van der Waals surface area contributed by atoms with Crippen molar-refractivity contribution in [1.29, 1.82) is 0 Å². The van der Waals surface area contributed by atoms with Crippen LogP contribution >= 0.6 is 0 Å². The quantitative estimate of drug-likeness (QED) is 0.570. The van der Waals surface area contributed by atoms with E-state index in [1.165, 1.54) is 6.42 Å². The zero-order valence-corrected chi connectivity index (χ0v) is 13.1. The van der Waals surface area contributed by atoms with Gasteiger partial charge in [0.05, 0.1) is 0 Å². The highest BCUT2D eigenvalue weighted by atomic mass is 14.4. The largest absolute Gasteiger partial charge is 0.0651 e. The summed E-state index contributed by atoms with van der Waals surface area (Å²) in [6, 6.07) is 0. The predicted molar refractivity (Wildman–Crippen MR) is 75.6 cm³/mol. The molecule has 0 aliphatic rings. The molecule has 0 amide bonds. The molecule has 0 heterocycles. The van der Waals surface area contributed by atoms with Gasteiger partial charge in [-0.25, -0.2) is 0 Å². The summed E-state index contributed by atoms with van der Waals surface area (Å²) < 4.78 is 0. The van der Waals surface area contributed by atoms with Crippen LogP contribution in [-0.2, 0) is 0 Å². The second-order valence-electron chi connectivity index (χ2n) is 7.12. The molecule has 0 aliphatic carbocycles. The van der Waals surface area contributed by atoms with E-state index in [4.69, 9.17) is 0 Å². The summed E-state index contributed by atoms with van der Waals surface area (Å²) in [5, 5.41) is 0. The van der Waals surface area contributed by atoms with Gasteiger partial charge in [0, 0.05) is 0 Å². The van der Waals surface area contributed by atoms with Gasteiger partial charge in [-0.1, -0.05) is 68.7 Å². The Balaban J connectivity index is 4.55. The van der Waals surface area contributed by atoms with Gasteiger partial charge in [0.2, 0.25) is 0 Å². The van der Waals surface area contributed by atoms with E-state index in [-0.39, 0.29) is 0 Å². The zero-order chi connectivity index (χ0) is 13.1. The van der Waals surface area contributed by atoms with Gasteiger partial charge in [0.1, 0.15) is 0 Å². The van der Waals surface area contributed by atoms with Crippen LogP contribution in [0.25, 0.3) is 0 Å². The summed E-state index contributed by atoms with van der Waals surface area (Å²) in [5.41, 5.74) is 0.433. The van der Waals surface area contributed by atoms with Crippen molar-refractivity contribution in [2.24, 2.45) is 35.0 Å².